The number of carbonyl (C=O) groups is 1. The summed E-state index contributed by atoms with van der Waals surface area (Å²) in [5, 5.41) is 15.1. The van der Waals surface area contributed by atoms with Gasteiger partial charge >= 0.3 is 6.03 Å². The highest BCUT2D eigenvalue weighted by Gasteiger charge is 2.57. The van der Waals surface area contributed by atoms with Crippen molar-refractivity contribution in [1.82, 2.24) is 5.43 Å². The van der Waals surface area contributed by atoms with Crippen LogP contribution in [0.2, 0.25) is 0 Å². The number of nitrogens with two attached hydrogens (primary N) is 1. The molecule has 0 aromatic heterocycles. The summed E-state index contributed by atoms with van der Waals surface area (Å²) in [6.07, 6.45) is 7.36. The molecule has 0 saturated heterocycles. The molecular weight excluding hydrogens is 302 g/mol. The smallest absolute Gasteiger partial charge is 0.332 e. The molecule has 4 N–H and O–H groups in total. The highest BCUT2D eigenvalue weighted by molar-refractivity contribution is 5.83. The molecule has 0 radical (unpaired) electrons. The largest absolute Gasteiger partial charge is 0.390 e. The average Bonchev–Trinajstić information content (AvgIpc) is 2.42. The summed E-state index contributed by atoms with van der Waals surface area (Å²) in [5.41, 5.74) is 8.10. The van der Waals surface area contributed by atoms with Crippen LogP contribution in [0, 0.1) is 22.7 Å². The quantitative estimate of drug-likeness (QED) is 0.538. The number of carbonyl (C=O) groups excluding carboxylic acids is 1. The van der Waals surface area contributed by atoms with E-state index in [1.54, 1.807) is 0 Å². The predicted octanol–water partition coefficient (Wildman–Crippen LogP) is 3.80. The van der Waals surface area contributed by atoms with Gasteiger partial charge in [0.2, 0.25) is 0 Å². The van der Waals surface area contributed by atoms with Gasteiger partial charge in [0, 0.05) is 5.71 Å². The van der Waals surface area contributed by atoms with E-state index in [2.05, 4.69) is 31.3 Å². The maximum atomic E-state index is 11.1. The van der Waals surface area contributed by atoms with Crippen molar-refractivity contribution in [2.75, 3.05) is 0 Å². The molecule has 0 bridgehead atoms. The molecule has 0 heterocycles. The molecule has 24 heavy (non-hydrogen) atoms. The summed E-state index contributed by atoms with van der Waals surface area (Å²) in [5.74, 6) is 0.909. The number of nitrogens with zero attached hydrogens (tertiary/aromatic N) is 1. The Morgan fingerprint density at radius 2 is 1.92 bits per heavy atom. The van der Waals surface area contributed by atoms with Crippen LogP contribution >= 0.6 is 0 Å². The lowest BCUT2D eigenvalue weighted by molar-refractivity contribution is -0.168. The Hall–Kier alpha value is -1.10. The fourth-order valence-electron chi connectivity index (χ4n) is 5.83. The van der Waals surface area contributed by atoms with Gasteiger partial charge in [-0.2, -0.15) is 5.10 Å². The number of amides is 2. The summed E-state index contributed by atoms with van der Waals surface area (Å²) >= 11 is 0. The molecule has 4 atom stereocenters. The zero-order chi connectivity index (χ0) is 18.2. The van der Waals surface area contributed by atoms with Crippen molar-refractivity contribution in [3.05, 3.63) is 0 Å². The molecule has 0 aliphatic heterocycles. The monoisotopic (exact) mass is 337 g/mol. The number of rotatable bonds is 4. The van der Waals surface area contributed by atoms with Gasteiger partial charge in [0.1, 0.15) is 0 Å². The van der Waals surface area contributed by atoms with E-state index in [-0.39, 0.29) is 11.3 Å². The maximum Gasteiger partial charge on any atom is 0.332 e. The Morgan fingerprint density at radius 1 is 1.25 bits per heavy atom. The molecule has 2 aliphatic rings. The van der Waals surface area contributed by atoms with E-state index in [0.717, 1.165) is 31.4 Å². The van der Waals surface area contributed by atoms with Crippen molar-refractivity contribution in [2.45, 2.75) is 85.2 Å². The number of urea groups is 1. The van der Waals surface area contributed by atoms with E-state index >= 15 is 0 Å². The van der Waals surface area contributed by atoms with E-state index in [0.29, 0.717) is 11.3 Å². The predicted molar refractivity (Wildman–Crippen MR) is 97.6 cm³/mol. The molecule has 5 heteroatoms. The van der Waals surface area contributed by atoms with Crippen molar-refractivity contribution < 1.29 is 9.90 Å². The van der Waals surface area contributed by atoms with Gasteiger partial charge in [-0.1, -0.05) is 27.2 Å². The molecule has 2 fully saturated rings. The van der Waals surface area contributed by atoms with Gasteiger partial charge in [-0.25, -0.2) is 10.2 Å². The molecule has 2 saturated carbocycles. The molecule has 138 valence electrons. The second-order valence-electron chi connectivity index (χ2n) is 9.21. The van der Waals surface area contributed by atoms with E-state index in [1.807, 2.05) is 13.8 Å². The van der Waals surface area contributed by atoms with E-state index in [4.69, 9.17) is 5.73 Å². The lowest BCUT2D eigenvalue weighted by Gasteiger charge is -2.61. The number of hydrazone groups is 1. The topological polar surface area (TPSA) is 87.7 Å². The number of hydrogen-bond donors (Lipinski definition) is 3. The van der Waals surface area contributed by atoms with Crippen LogP contribution in [-0.4, -0.2) is 22.5 Å². The first kappa shape index (κ1) is 19.2. The molecule has 0 spiro atoms. The third-order valence-corrected chi connectivity index (χ3v) is 6.91. The first-order chi connectivity index (χ1) is 11.0. The lowest BCUT2D eigenvalue weighted by atomic mass is 9.45. The van der Waals surface area contributed by atoms with Gasteiger partial charge in [0.25, 0.3) is 0 Å². The standard InChI is InChI=1S/C19H35N3O2/c1-13(21-22-16(20)23)7-8-15-18(4)11-6-10-17(2,3)14(18)9-12-19(15,5)24/h14-15,24H,6-12H2,1-5H3,(H3,20,22,23)/b21-13+/t14-,15+,18-,19+/m0/s1. The lowest BCUT2D eigenvalue weighted by Crippen LogP contribution is -2.57. The molecule has 0 unspecified atom stereocenters. The first-order valence-corrected chi connectivity index (χ1v) is 9.30. The Kier molecular flexibility index (Phi) is 5.34. The molecule has 2 rings (SSSR count). The normalized spacial score (nSPS) is 39.2. The average molecular weight is 338 g/mol. The van der Waals surface area contributed by atoms with Gasteiger partial charge in [-0.05, 0) is 75.0 Å². The summed E-state index contributed by atoms with van der Waals surface area (Å²) in [7, 11) is 0. The minimum Gasteiger partial charge on any atom is -0.390 e. The molecule has 2 aliphatic carbocycles. The molecule has 0 aromatic carbocycles. The van der Waals surface area contributed by atoms with Gasteiger partial charge in [0.15, 0.2) is 0 Å². The number of hydrogen-bond acceptors (Lipinski definition) is 3. The van der Waals surface area contributed by atoms with Crippen LogP contribution in [0.5, 0.6) is 0 Å². The highest BCUT2D eigenvalue weighted by atomic mass is 16.3. The first-order valence-electron chi connectivity index (χ1n) is 9.30. The third-order valence-electron chi connectivity index (χ3n) is 6.91. The number of aliphatic hydroxyl groups is 1. The van der Waals surface area contributed by atoms with E-state index in [1.165, 1.54) is 19.3 Å². The molecule has 0 aromatic rings. The summed E-state index contributed by atoms with van der Waals surface area (Å²) in [4.78, 5) is 10.8. The Balaban J connectivity index is 2.18. The summed E-state index contributed by atoms with van der Waals surface area (Å²) < 4.78 is 0. The highest BCUT2D eigenvalue weighted by Crippen LogP contribution is 2.62. The van der Waals surface area contributed by atoms with Crippen LogP contribution in [0.25, 0.3) is 0 Å². The Morgan fingerprint density at radius 3 is 2.54 bits per heavy atom. The van der Waals surface area contributed by atoms with Crippen LogP contribution < -0.4 is 11.2 Å². The second kappa shape index (κ2) is 6.66. The maximum absolute atomic E-state index is 11.1. The third kappa shape index (κ3) is 3.76. The van der Waals surface area contributed by atoms with E-state index in [9.17, 15) is 9.90 Å². The van der Waals surface area contributed by atoms with Crippen molar-refractivity contribution >= 4 is 11.7 Å². The number of primary amides is 1. The van der Waals surface area contributed by atoms with Crippen LogP contribution in [0.3, 0.4) is 0 Å². The Labute approximate surface area is 146 Å². The van der Waals surface area contributed by atoms with Crippen molar-refractivity contribution in [2.24, 2.45) is 33.5 Å². The van der Waals surface area contributed by atoms with Gasteiger partial charge in [-0.15, -0.1) is 0 Å². The molecule has 5 nitrogen and oxygen atoms in total. The van der Waals surface area contributed by atoms with Crippen LogP contribution in [0.4, 0.5) is 4.79 Å². The zero-order valence-electron chi connectivity index (χ0n) is 16.0. The molecular formula is C19H35N3O2. The number of nitrogens with one attached hydrogen (secondary N) is 1. The van der Waals surface area contributed by atoms with Gasteiger partial charge < -0.3 is 10.8 Å². The fraction of sp³-hybridized carbons (Fsp3) is 0.895. The van der Waals surface area contributed by atoms with Crippen LogP contribution in [0.1, 0.15) is 79.6 Å². The van der Waals surface area contributed by atoms with Crippen LogP contribution in [-0.2, 0) is 0 Å². The van der Waals surface area contributed by atoms with Crippen molar-refractivity contribution in [3.63, 3.8) is 0 Å². The Bertz CT molecular complexity index is 513. The number of fused-ring (bicyclic) bond motifs is 1. The van der Waals surface area contributed by atoms with Gasteiger partial charge in [-0.3, -0.25) is 0 Å². The van der Waals surface area contributed by atoms with Crippen LogP contribution in [0.15, 0.2) is 5.10 Å². The SMILES string of the molecule is C/C(CC[C@@H]1[C@@]2(C)CCCC(C)(C)[C@@H]2CC[C@@]1(C)O)=N\NC(N)=O. The fourth-order valence-corrected chi connectivity index (χ4v) is 5.83. The summed E-state index contributed by atoms with van der Waals surface area (Å²) in [6.45, 7) is 11.1. The zero-order valence-corrected chi connectivity index (χ0v) is 16.0. The molecule has 2 amide bonds. The van der Waals surface area contributed by atoms with Crippen molar-refractivity contribution in [3.8, 4) is 0 Å². The summed E-state index contributed by atoms with van der Waals surface area (Å²) in [6, 6.07) is -0.639. The minimum absolute atomic E-state index is 0.168. The second-order valence-corrected chi connectivity index (χ2v) is 9.21. The van der Waals surface area contributed by atoms with Crippen molar-refractivity contribution in [1.29, 1.82) is 0 Å². The minimum atomic E-state index is -0.639. The van der Waals surface area contributed by atoms with Gasteiger partial charge in [0.05, 0.1) is 5.60 Å². The van der Waals surface area contributed by atoms with E-state index < -0.39 is 11.6 Å².